The number of methoxy groups -OCH3 is 3. The Bertz CT molecular complexity index is 1970. The van der Waals surface area contributed by atoms with E-state index >= 15 is 0 Å². The van der Waals surface area contributed by atoms with Crippen LogP contribution in [0.1, 0.15) is 0 Å². The SMILES string of the molecule is COc1cc(-c2cc(-c3ccc(Nc4nc(Nc5ccccc5)nc(Nc5ccc(Cl)cc5)n4)cc3)nc(N)n2)cc(OC)c1OC. The molecule has 2 heterocycles. The van der Waals surface area contributed by atoms with E-state index in [1.165, 1.54) is 0 Å². The minimum absolute atomic E-state index is 0.123. The zero-order chi connectivity index (χ0) is 32.8. The topological polar surface area (TPSA) is 154 Å². The molecule has 0 aliphatic carbocycles. The van der Waals surface area contributed by atoms with Crippen LogP contribution < -0.4 is 35.9 Å². The van der Waals surface area contributed by atoms with Crippen LogP contribution in [0.2, 0.25) is 5.02 Å². The maximum atomic E-state index is 6.15. The predicted molar refractivity (Wildman–Crippen MR) is 185 cm³/mol. The highest BCUT2D eigenvalue weighted by Crippen LogP contribution is 2.41. The average molecular weight is 648 g/mol. The van der Waals surface area contributed by atoms with Gasteiger partial charge < -0.3 is 35.9 Å². The second-order valence-electron chi connectivity index (χ2n) is 10.0. The molecule has 0 saturated carbocycles. The molecule has 0 spiro atoms. The lowest BCUT2D eigenvalue weighted by Crippen LogP contribution is -2.07. The number of nitrogens with zero attached hydrogens (tertiary/aromatic N) is 5. The third kappa shape index (κ3) is 7.40. The van der Waals surface area contributed by atoms with E-state index in [4.69, 9.17) is 31.5 Å². The van der Waals surface area contributed by atoms with E-state index in [0.717, 1.165) is 28.2 Å². The third-order valence-corrected chi connectivity index (χ3v) is 7.16. The normalized spacial score (nSPS) is 10.6. The molecule has 0 radical (unpaired) electrons. The number of aromatic nitrogens is 5. The van der Waals surface area contributed by atoms with E-state index in [0.29, 0.717) is 51.5 Å². The molecular formula is C34H30ClN9O3. The van der Waals surface area contributed by atoms with Gasteiger partial charge in [-0.05, 0) is 66.7 Å². The Morgan fingerprint density at radius 3 is 1.49 bits per heavy atom. The molecule has 0 saturated heterocycles. The maximum Gasteiger partial charge on any atom is 0.233 e. The summed E-state index contributed by atoms with van der Waals surface area (Å²) in [6, 6.07) is 30.0. The average Bonchev–Trinajstić information content (AvgIpc) is 3.09. The van der Waals surface area contributed by atoms with Crippen molar-refractivity contribution < 1.29 is 14.2 Å². The van der Waals surface area contributed by atoms with Crippen molar-refractivity contribution in [1.82, 2.24) is 24.9 Å². The summed E-state index contributed by atoms with van der Waals surface area (Å²) >= 11 is 6.06. The number of ether oxygens (including phenoxy) is 3. The molecular weight excluding hydrogens is 618 g/mol. The monoisotopic (exact) mass is 647 g/mol. The Morgan fingerprint density at radius 1 is 0.532 bits per heavy atom. The van der Waals surface area contributed by atoms with E-state index in [-0.39, 0.29) is 5.95 Å². The first-order valence-electron chi connectivity index (χ1n) is 14.3. The molecule has 0 aliphatic heterocycles. The highest BCUT2D eigenvalue weighted by atomic mass is 35.5. The van der Waals surface area contributed by atoms with Crippen molar-refractivity contribution in [2.24, 2.45) is 0 Å². The van der Waals surface area contributed by atoms with Crippen LogP contribution in [0, 0.1) is 0 Å². The summed E-state index contributed by atoms with van der Waals surface area (Å²) in [5.41, 5.74) is 11.3. The first kappa shape index (κ1) is 30.9. The molecule has 5 N–H and O–H groups in total. The summed E-state index contributed by atoms with van der Waals surface area (Å²) in [5.74, 6) is 2.65. The Hall–Kier alpha value is -6.14. The van der Waals surface area contributed by atoms with Gasteiger partial charge in [0.1, 0.15) is 0 Å². The fourth-order valence-electron chi connectivity index (χ4n) is 4.70. The van der Waals surface area contributed by atoms with Crippen LogP contribution in [0.15, 0.2) is 97.1 Å². The minimum atomic E-state index is 0.123. The van der Waals surface area contributed by atoms with Crippen molar-refractivity contribution in [3.63, 3.8) is 0 Å². The first-order valence-corrected chi connectivity index (χ1v) is 14.7. The largest absolute Gasteiger partial charge is 0.493 e. The standard InChI is InChI=1S/C34H30ClN9O3/c1-45-28-17-21(18-29(46-2)30(28)47-3)27-19-26(40-31(36)41-27)20-9-13-24(14-10-20)38-33-42-32(37-23-7-5-4-6-8-23)43-34(44-33)39-25-15-11-22(35)12-16-25/h4-19H,1-3H3,(H2,36,40,41)(H3,37,38,39,42,43,44). The zero-order valence-corrected chi connectivity index (χ0v) is 26.4. The van der Waals surface area contributed by atoms with Gasteiger partial charge in [0.15, 0.2) is 11.5 Å². The molecule has 0 unspecified atom stereocenters. The van der Waals surface area contributed by atoms with E-state index in [1.54, 1.807) is 33.5 Å². The summed E-state index contributed by atoms with van der Waals surface area (Å²) in [5, 5.41) is 10.3. The van der Waals surface area contributed by atoms with Crippen LogP contribution in [0.5, 0.6) is 17.2 Å². The Kier molecular flexibility index (Phi) is 9.11. The number of hydrogen-bond donors (Lipinski definition) is 4. The molecule has 12 nitrogen and oxygen atoms in total. The molecule has 0 atom stereocenters. The molecule has 4 aromatic carbocycles. The second kappa shape index (κ2) is 13.9. The Morgan fingerprint density at radius 2 is 1.00 bits per heavy atom. The van der Waals surface area contributed by atoms with Crippen molar-refractivity contribution in [2.45, 2.75) is 0 Å². The molecule has 0 fully saturated rings. The van der Waals surface area contributed by atoms with Gasteiger partial charge in [-0.3, -0.25) is 0 Å². The van der Waals surface area contributed by atoms with Crippen molar-refractivity contribution in [3.8, 4) is 39.8 Å². The van der Waals surface area contributed by atoms with E-state index in [9.17, 15) is 0 Å². The molecule has 47 heavy (non-hydrogen) atoms. The van der Waals surface area contributed by atoms with Crippen molar-refractivity contribution >= 4 is 52.5 Å². The predicted octanol–water partition coefficient (Wildman–Crippen LogP) is 7.49. The molecule has 236 valence electrons. The van der Waals surface area contributed by atoms with Crippen LogP contribution >= 0.6 is 11.6 Å². The van der Waals surface area contributed by atoms with Crippen molar-refractivity contribution in [1.29, 1.82) is 0 Å². The van der Waals surface area contributed by atoms with Gasteiger partial charge in [0.05, 0.1) is 32.7 Å². The van der Waals surface area contributed by atoms with Gasteiger partial charge in [-0.15, -0.1) is 0 Å². The lowest BCUT2D eigenvalue weighted by Gasteiger charge is -2.14. The lowest BCUT2D eigenvalue weighted by atomic mass is 10.1. The zero-order valence-electron chi connectivity index (χ0n) is 25.7. The minimum Gasteiger partial charge on any atom is -0.493 e. The number of hydrogen-bond acceptors (Lipinski definition) is 12. The highest BCUT2D eigenvalue weighted by Gasteiger charge is 2.16. The number of halogens is 1. The summed E-state index contributed by atoms with van der Waals surface area (Å²) in [4.78, 5) is 22.6. The van der Waals surface area contributed by atoms with Gasteiger partial charge in [0.2, 0.25) is 29.5 Å². The first-order chi connectivity index (χ1) is 22.9. The maximum absolute atomic E-state index is 6.15. The van der Waals surface area contributed by atoms with Crippen molar-refractivity contribution in [2.75, 3.05) is 43.0 Å². The Labute approximate surface area is 276 Å². The fourth-order valence-corrected chi connectivity index (χ4v) is 4.83. The van der Waals surface area contributed by atoms with Gasteiger partial charge in [0, 0.05) is 33.2 Å². The fraction of sp³-hybridized carbons (Fsp3) is 0.0882. The molecule has 0 amide bonds. The third-order valence-electron chi connectivity index (χ3n) is 6.91. The van der Waals surface area contributed by atoms with Gasteiger partial charge in [-0.25, -0.2) is 9.97 Å². The Balaban J connectivity index is 1.27. The van der Waals surface area contributed by atoms with Gasteiger partial charge in [-0.2, -0.15) is 15.0 Å². The number of nitrogens with two attached hydrogens (primary N) is 1. The highest BCUT2D eigenvalue weighted by molar-refractivity contribution is 6.30. The molecule has 0 aliphatic rings. The van der Waals surface area contributed by atoms with Gasteiger partial charge in [-0.1, -0.05) is 41.9 Å². The number of para-hydroxylation sites is 1. The number of nitrogens with one attached hydrogen (secondary N) is 3. The molecule has 6 rings (SSSR count). The number of anilines is 7. The number of rotatable bonds is 11. The van der Waals surface area contributed by atoms with Gasteiger partial charge >= 0.3 is 0 Å². The molecule has 0 bridgehead atoms. The van der Waals surface area contributed by atoms with Gasteiger partial charge in [0.25, 0.3) is 0 Å². The summed E-state index contributed by atoms with van der Waals surface area (Å²) in [7, 11) is 4.67. The molecule has 2 aromatic heterocycles. The smallest absolute Gasteiger partial charge is 0.233 e. The quantitative estimate of drug-likeness (QED) is 0.110. The number of nitrogen functional groups attached to an aromatic ring is 1. The van der Waals surface area contributed by atoms with Crippen molar-refractivity contribution in [3.05, 3.63) is 102 Å². The summed E-state index contributed by atoms with van der Waals surface area (Å²) in [6.45, 7) is 0. The van der Waals surface area contributed by atoms with Crippen LogP contribution in [0.4, 0.5) is 40.9 Å². The van der Waals surface area contributed by atoms with Crippen LogP contribution in [0.3, 0.4) is 0 Å². The van der Waals surface area contributed by atoms with Crippen LogP contribution in [0.25, 0.3) is 22.5 Å². The summed E-state index contributed by atoms with van der Waals surface area (Å²) in [6.07, 6.45) is 0. The second-order valence-corrected chi connectivity index (χ2v) is 10.5. The van der Waals surface area contributed by atoms with E-state index in [2.05, 4.69) is 40.9 Å². The van der Waals surface area contributed by atoms with E-state index < -0.39 is 0 Å². The lowest BCUT2D eigenvalue weighted by molar-refractivity contribution is 0.324. The van der Waals surface area contributed by atoms with Crippen LogP contribution in [-0.4, -0.2) is 46.2 Å². The molecule has 6 aromatic rings. The van der Waals surface area contributed by atoms with E-state index in [1.807, 2.05) is 84.9 Å². The molecule has 13 heteroatoms. The van der Waals surface area contributed by atoms with Crippen LogP contribution in [-0.2, 0) is 0 Å². The summed E-state index contributed by atoms with van der Waals surface area (Å²) < 4.78 is 16.5. The number of benzene rings is 4.